The Hall–Kier alpha value is -1.71. The number of halogens is 2. The van der Waals surface area contributed by atoms with Crippen LogP contribution in [0.25, 0.3) is 0 Å². The van der Waals surface area contributed by atoms with E-state index in [0.29, 0.717) is 10.6 Å². The number of anilines is 1. The molecule has 3 nitrogen and oxygen atoms in total. The van der Waals surface area contributed by atoms with E-state index >= 15 is 0 Å². The number of hydrogen-bond acceptors (Lipinski definition) is 2. The van der Waals surface area contributed by atoms with Crippen molar-refractivity contribution in [2.75, 3.05) is 5.73 Å². The predicted molar refractivity (Wildman–Crippen MR) is 97.4 cm³/mol. The number of aryl methyl sites for hydroxylation is 2. The molecule has 0 saturated carbocycles. The van der Waals surface area contributed by atoms with Gasteiger partial charge in [0.25, 0.3) is 5.91 Å². The predicted octanol–water partition coefficient (Wildman–Crippen LogP) is 4.46. The number of rotatable bonds is 2. The molecule has 1 amide bonds. The molecule has 1 atom stereocenters. The average molecular weight is 351 g/mol. The molecule has 1 aliphatic carbocycles. The molecule has 0 radical (unpaired) electrons. The largest absolute Gasteiger partial charge is 0.399 e. The molecule has 3 N–H and O–H groups in total. The third-order valence-corrected chi connectivity index (χ3v) is 4.47. The minimum Gasteiger partial charge on any atom is -0.399 e. The standard InChI is InChI=1S/C18H19ClN2O.ClH/c1-11-5-6-13(19)10-16(11)18(22)21-17-4-2-3-12-9-14(20)7-8-15(12)17;/h5-10,17H,2-4,20H2,1H3,(H,21,22);1H. The first-order valence-electron chi connectivity index (χ1n) is 7.50. The highest BCUT2D eigenvalue weighted by atomic mass is 35.5. The van der Waals surface area contributed by atoms with Gasteiger partial charge in [0, 0.05) is 16.3 Å². The number of nitrogen functional groups attached to an aromatic ring is 1. The number of nitrogens with one attached hydrogen (secondary N) is 1. The lowest BCUT2D eigenvalue weighted by Crippen LogP contribution is -2.31. The number of nitrogens with two attached hydrogens (primary N) is 1. The molecular weight excluding hydrogens is 331 g/mol. The molecule has 1 aliphatic rings. The van der Waals surface area contributed by atoms with Gasteiger partial charge in [-0.3, -0.25) is 4.79 Å². The fourth-order valence-corrected chi connectivity index (χ4v) is 3.23. The summed E-state index contributed by atoms with van der Waals surface area (Å²) in [7, 11) is 0. The van der Waals surface area contributed by atoms with E-state index in [9.17, 15) is 4.79 Å². The summed E-state index contributed by atoms with van der Waals surface area (Å²) in [6.45, 7) is 1.92. The Morgan fingerprint density at radius 1 is 1.26 bits per heavy atom. The van der Waals surface area contributed by atoms with Gasteiger partial charge in [-0.15, -0.1) is 12.4 Å². The third kappa shape index (κ3) is 3.80. The second kappa shape index (κ2) is 7.24. The lowest BCUT2D eigenvalue weighted by molar-refractivity contribution is 0.0932. The Labute approximate surface area is 147 Å². The van der Waals surface area contributed by atoms with Crippen LogP contribution < -0.4 is 11.1 Å². The van der Waals surface area contributed by atoms with Crippen LogP contribution in [0.15, 0.2) is 36.4 Å². The minimum absolute atomic E-state index is 0. The van der Waals surface area contributed by atoms with E-state index < -0.39 is 0 Å². The highest BCUT2D eigenvalue weighted by Crippen LogP contribution is 2.31. The van der Waals surface area contributed by atoms with E-state index in [-0.39, 0.29) is 24.4 Å². The van der Waals surface area contributed by atoms with Crippen LogP contribution in [0.4, 0.5) is 5.69 Å². The smallest absolute Gasteiger partial charge is 0.252 e. The van der Waals surface area contributed by atoms with E-state index in [1.165, 1.54) is 11.1 Å². The molecule has 0 aliphatic heterocycles. The quantitative estimate of drug-likeness (QED) is 0.785. The topological polar surface area (TPSA) is 55.1 Å². The van der Waals surface area contributed by atoms with E-state index in [4.69, 9.17) is 17.3 Å². The number of fused-ring (bicyclic) bond motifs is 1. The van der Waals surface area contributed by atoms with Crippen molar-refractivity contribution in [3.8, 4) is 0 Å². The molecule has 0 saturated heterocycles. The van der Waals surface area contributed by atoms with Gasteiger partial charge in [0.15, 0.2) is 0 Å². The van der Waals surface area contributed by atoms with Crippen molar-refractivity contribution in [3.05, 3.63) is 63.7 Å². The van der Waals surface area contributed by atoms with Crippen LogP contribution in [0.3, 0.4) is 0 Å². The Morgan fingerprint density at radius 3 is 2.83 bits per heavy atom. The maximum Gasteiger partial charge on any atom is 0.252 e. The van der Waals surface area contributed by atoms with Crippen molar-refractivity contribution in [2.24, 2.45) is 0 Å². The van der Waals surface area contributed by atoms with Gasteiger partial charge in [-0.2, -0.15) is 0 Å². The molecule has 2 aromatic carbocycles. The van der Waals surface area contributed by atoms with E-state index in [1.54, 1.807) is 12.1 Å². The normalized spacial score (nSPS) is 16.2. The van der Waals surface area contributed by atoms with Crippen molar-refractivity contribution in [1.29, 1.82) is 0 Å². The van der Waals surface area contributed by atoms with E-state index in [2.05, 4.69) is 5.32 Å². The summed E-state index contributed by atoms with van der Waals surface area (Å²) >= 11 is 6.01. The summed E-state index contributed by atoms with van der Waals surface area (Å²) in [6, 6.07) is 11.4. The average Bonchev–Trinajstić information content (AvgIpc) is 2.49. The maximum atomic E-state index is 12.6. The van der Waals surface area contributed by atoms with Crippen molar-refractivity contribution in [2.45, 2.75) is 32.2 Å². The van der Waals surface area contributed by atoms with E-state index in [0.717, 1.165) is 30.5 Å². The first kappa shape index (κ1) is 17.6. The molecule has 3 rings (SSSR count). The van der Waals surface area contributed by atoms with Crippen molar-refractivity contribution in [3.63, 3.8) is 0 Å². The molecule has 0 bridgehead atoms. The van der Waals surface area contributed by atoms with Gasteiger partial charge in [-0.1, -0.05) is 23.7 Å². The molecule has 122 valence electrons. The minimum atomic E-state index is -0.0744. The Balaban J connectivity index is 0.00000192. The summed E-state index contributed by atoms with van der Waals surface area (Å²) in [4.78, 5) is 12.6. The monoisotopic (exact) mass is 350 g/mol. The zero-order valence-corrected chi connectivity index (χ0v) is 14.5. The van der Waals surface area contributed by atoms with Gasteiger partial charge < -0.3 is 11.1 Å². The van der Waals surface area contributed by atoms with Crippen molar-refractivity contribution in [1.82, 2.24) is 5.32 Å². The first-order valence-corrected chi connectivity index (χ1v) is 7.87. The van der Waals surface area contributed by atoms with Gasteiger partial charge in [0.1, 0.15) is 0 Å². The van der Waals surface area contributed by atoms with Crippen LogP contribution in [0, 0.1) is 6.92 Å². The zero-order valence-electron chi connectivity index (χ0n) is 12.9. The zero-order chi connectivity index (χ0) is 15.7. The fourth-order valence-electron chi connectivity index (χ4n) is 3.06. The molecule has 0 spiro atoms. The third-order valence-electron chi connectivity index (χ3n) is 4.23. The van der Waals surface area contributed by atoms with Gasteiger partial charge in [0.2, 0.25) is 0 Å². The van der Waals surface area contributed by atoms with Crippen LogP contribution in [-0.4, -0.2) is 5.91 Å². The fraction of sp³-hybridized carbons (Fsp3) is 0.278. The Kier molecular flexibility index (Phi) is 5.55. The summed E-state index contributed by atoms with van der Waals surface area (Å²) < 4.78 is 0. The number of hydrogen-bond donors (Lipinski definition) is 2. The molecule has 0 aromatic heterocycles. The van der Waals surface area contributed by atoms with Crippen LogP contribution >= 0.6 is 24.0 Å². The van der Waals surface area contributed by atoms with Crippen LogP contribution in [-0.2, 0) is 6.42 Å². The van der Waals surface area contributed by atoms with Crippen LogP contribution in [0.5, 0.6) is 0 Å². The second-order valence-electron chi connectivity index (χ2n) is 5.84. The Bertz CT molecular complexity index is 731. The highest BCUT2D eigenvalue weighted by molar-refractivity contribution is 6.31. The molecule has 0 heterocycles. The number of benzene rings is 2. The molecule has 23 heavy (non-hydrogen) atoms. The lowest BCUT2D eigenvalue weighted by Gasteiger charge is -2.27. The SMILES string of the molecule is Cc1ccc(Cl)cc1C(=O)NC1CCCc2cc(N)ccc21.Cl. The van der Waals surface area contributed by atoms with Crippen LogP contribution in [0.1, 0.15) is 45.9 Å². The number of carbonyl (C=O) groups is 1. The van der Waals surface area contributed by atoms with Crippen molar-refractivity contribution < 1.29 is 4.79 Å². The number of amides is 1. The molecule has 0 fully saturated rings. The van der Waals surface area contributed by atoms with E-state index in [1.807, 2.05) is 31.2 Å². The Morgan fingerprint density at radius 2 is 2.04 bits per heavy atom. The number of carbonyl (C=O) groups excluding carboxylic acids is 1. The first-order chi connectivity index (χ1) is 10.5. The second-order valence-corrected chi connectivity index (χ2v) is 6.27. The summed E-state index contributed by atoms with van der Waals surface area (Å²) in [5.41, 5.74) is 10.6. The van der Waals surface area contributed by atoms with Crippen molar-refractivity contribution >= 4 is 35.6 Å². The molecule has 5 heteroatoms. The lowest BCUT2D eigenvalue weighted by atomic mass is 9.87. The molecule has 2 aromatic rings. The summed E-state index contributed by atoms with van der Waals surface area (Å²) in [5, 5.41) is 3.72. The maximum absolute atomic E-state index is 12.6. The summed E-state index contributed by atoms with van der Waals surface area (Å²) in [6.07, 6.45) is 3.02. The van der Waals surface area contributed by atoms with Gasteiger partial charge in [-0.25, -0.2) is 0 Å². The highest BCUT2D eigenvalue weighted by Gasteiger charge is 2.23. The molecular formula is C18H20Cl2N2O. The van der Waals surface area contributed by atoms with Gasteiger partial charge in [-0.05, 0) is 67.1 Å². The van der Waals surface area contributed by atoms with Gasteiger partial charge in [0.05, 0.1) is 6.04 Å². The summed E-state index contributed by atoms with van der Waals surface area (Å²) in [5.74, 6) is -0.0744. The molecule has 1 unspecified atom stereocenters. The van der Waals surface area contributed by atoms with Gasteiger partial charge >= 0.3 is 0 Å². The van der Waals surface area contributed by atoms with Crippen LogP contribution in [0.2, 0.25) is 5.02 Å².